The summed E-state index contributed by atoms with van der Waals surface area (Å²) in [5, 5.41) is 0.787. The van der Waals surface area contributed by atoms with E-state index in [1.807, 2.05) is 18.0 Å². The molecular formula is C17H19ClN2S. The van der Waals surface area contributed by atoms with Gasteiger partial charge in [-0.25, -0.2) is 0 Å². The van der Waals surface area contributed by atoms with Crippen LogP contribution in [0.5, 0.6) is 0 Å². The van der Waals surface area contributed by atoms with Gasteiger partial charge in [0.2, 0.25) is 0 Å². The lowest BCUT2D eigenvalue weighted by atomic mass is 9.95. The van der Waals surface area contributed by atoms with Gasteiger partial charge < -0.3 is 4.31 Å². The van der Waals surface area contributed by atoms with E-state index in [-0.39, 0.29) is 4.87 Å². The van der Waals surface area contributed by atoms with E-state index in [4.69, 9.17) is 11.6 Å². The molecule has 110 valence electrons. The second-order valence-corrected chi connectivity index (χ2v) is 7.00. The minimum Gasteiger partial charge on any atom is -0.314 e. The fourth-order valence-electron chi connectivity index (χ4n) is 2.94. The fraction of sp³-hybridized carbons (Fsp3) is 0.294. The first-order valence-corrected chi connectivity index (χ1v) is 8.24. The number of rotatable bonds is 3. The lowest BCUT2D eigenvalue weighted by Crippen LogP contribution is -2.38. The van der Waals surface area contributed by atoms with Gasteiger partial charge in [0.1, 0.15) is 4.87 Å². The highest BCUT2D eigenvalue weighted by atomic mass is 35.5. The molecule has 0 N–H and O–H groups in total. The molecule has 0 aromatic heterocycles. The van der Waals surface area contributed by atoms with E-state index in [0.717, 1.165) is 11.6 Å². The van der Waals surface area contributed by atoms with Gasteiger partial charge in [0.25, 0.3) is 0 Å². The first-order valence-electron chi connectivity index (χ1n) is 7.09. The standard InChI is InChI=1S/C17H19ClN2S/c1-4-20-16-11-10-14(18)12-15(16)17(21-20,19(2)3)13-8-6-5-7-9-13/h5-12H,4H2,1-3H3. The van der Waals surface area contributed by atoms with Crippen molar-refractivity contribution < 1.29 is 0 Å². The van der Waals surface area contributed by atoms with Crippen molar-refractivity contribution in [3.8, 4) is 0 Å². The highest BCUT2D eigenvalue weighted by molar-refractivity contribution is 8.02. The molecule has 1 aliphatic heterocycles. The van der Waals surface area contributed by atoms with Crippen molar-refractivity contribution >= 4 is 29.2 Å². The third-order valence-electron chi connectivity index (χ3n) is 3.92. The summed E-state index contributed by atoms with van der Waals surface area (Å²) in [6.07, 6.45) is 0. The predicted molar refractivity (Wildman–Crippen MR) is 93.0 cm³/mol. The minimum atomic E-state index is -0.225. The molecule has 0 radical (unpaired) electrons. The topological polar surface area (TPSA) is 6.48 Å². The molecule has 0 fully saturated rings. The smallest absolute Gasteiger partial charge is 0.140 e. The average Bonchev–Trinajstić information content (AvgIpc) is 2.83. The van der Waals surface area contributed by atoms with Crippen LogP contribution in [-0.2, 0) is 4.87 Å². The number of hydrogen-bond acceptors (Lipinski definition) is 3. The number of anilines is 1. The lowest BCUT2D eigenvalue weighted by molar-refractivity contribution is 0.309. The van der Waals surface area contributed by atoms with E-state index in [9.17, 15) is 0 Å². The van der Waals surface area contributed by atoms with Crippen LogP contribution >= 0.6 is 23.5 Å². The van der Waals surface area contributed by atoms with Crippen LogP contribution < -0.4 is 4.31 Å². The zero-order valence-corrected chi connectivity index (χ0v) is 14.1. The van der Waals surface area contributed by atoms with Crippen LogP contribution in [0.2, 0.25) is 5.02 Å². The third-order valence-corrected chi connectivity index (χ3v) is 5.91. The van der Waals surface area contributed by atoms with E-state index in [0.29, 0.717) is 0 Å². The van der Waals surface area contributed by atoms with Crippen LogP contribution in [0.25, 0.3) is 0 Å². The van der Waals surface area contributed by atoms with Gasteiger partial charge >= 0.3 is 0 Å². The molecule has 0 spiro atoms. The van der Waals surface area contributed by atoms with Gasteiger partial charge in [-0.3, -0.25) is 4.90 Å². The average molecular weight is 319 g/mol. The molecule has 1 aliphatic rings. The van der Waals surface area contributed by atoms with Crippen LogP contribution in [0.3, 0.4) is 0 Å². The molecule has 2 aromatic carbocycles. The predicted octanol–water partition coefficient (Wildman–Crippen LogP) is 4.59. The van der Waals surface area contributed by atoms with Crippen molar-refractivity contribution in [3.05, 3.63) is 64.7 Å². The maximum Gasteiger partial charge on any atom is 0.140 e. The molecule has 1 atom stereocenters. The Labute approximate surface area is 135 Å². The molecule has 2 nitrogen and oxygen atoms in total. The molecule has 0 amide bonds. The second-order valence-electron chi connectivity index (χ2n) is 5.35. The molecule has 0 saturated heterocycles. The summed E-state index contributed by atoms with van der Waals surface area (Å²) in [4.78, 5) is 2.05. The minimum absolute atomic E-state index is 0.225. The highest BCUT2D eigenvalue weighted by Crippen LogP contribution is 2.56. The quantitative estimate of drug-likeness (QED) is 0.764. The van der Waals surface area contributed by atoms with Gasteiger partial charge in [0.05, 0.1) is 5.69 Å². The summed E-state index contributed by atoms with van der Waals surface area (Å²) < 4.78 is 2.35. The molecular weight excluding hydrogens is 300 g/mol. The van der Waals surface area contributed by atoms with Crippen molar-refractivity contribution in [2.75, 3.05) is 24.9 Å². The summed E-state index contributed by atoms with van der Waals surface area (Å²) in [5.74, 6) is 0. The van der Waals surface area contributed by atoms with Crippen molar-refractivity contribution in [2.24, 2.45) is 0 Å². The summed E-state index contributed by atoms with van der Waals surface area (Å²) in [6, 6.07) is 16.8. The Hall–Kier alpha value is -1.16. The van der Waals surface area contributed by atoms with Crippen molar-refractivity contribution in [2.45, 2.75) is 11.8 Å². The van der Waals surface area contributed by atoms with Gasteiger partial charge in [-0.1, -0.05) is 41.9 Å². The number of fused-ring (bicyclic) bond motifs is 1. The van der Waals surface area contributed by atoms with E-state index < -0.39 is 0 Å². The summed E-state index contributed by atoms with van der Waals surface area (Å²) in [6.45, 7) is 3.14. The largest absolute Gasteiger partial charge is 0.314 e. The zero-order valence-electron chi connectivity index (χ0n) is 12.5. The van der Waals surface area contributed by atoms with E-state index >= 15 is 0 Å². The van der Waals surface area contributed by atoms with Crippen molar-refractivity contribution in [1.29, 1.82) is 0 Å². The Balaban J connectivity index is 2.26. The van der Waals surface area contributed by atoms with Gasteiger partial charge in [-0.15, -0.1) is 0 Å². The van der Waals surface area contributed by atoms with Crippen LogP contribution in [0.4, 0.5) is 5.69 Å². The highest BCUT2D eigenvalue weighted by Gasteiger charge is 2.47. The summed E-state index contributed by atoms with van der Waals surface area (Å²) in [7, 11) is 4.26. The Morgan fingerprint density at radius 3 is 2.48 bits per heavy atom. The maximum atomic E-state index is 6.29. The number of halogens is 1. The number of benzene rings is 2. The van der Waals surface area contributed by atoms with Crippen LogP contribution in [0.15, 0.2) is 48.5 Å². The molecule has 3 rings (SSSR count). The van der Waals surface area contributed by atoms with Crippen LogP contribution in [0, 0.1) is 0 Å². The molecule has 0 saturated carbocycles. The van der Waals surface area contributed by atoms with Gasteiger partial charge in [-0.05, 0) is 56.7 Å². The molecule has 1 unspecified atom stereocenters. The molecule has 2 aromatic rings. The molecule has 0 aliphatic carbocycles. The summed E-state index contributed by atoms with van der Waals surface area (Å²) in [5.41, 5.74) is 3.79. The molecule has 21 heavy (non-hydrogen) atoms. The first kappa shape index (κ1) is 14.8. The Bertz CT molecular complexity index is 644. The normalized spacial score (nSPS) is 20.9. The van der Waals surface area contributed by atoms with Crippen molar-refractivity contribution in [3.63, 3.8) is 0 Å². The van der Waals surface area contributed by atoms with Gasteiger partial charge in [0, 0.05) is 17.1 Å². The monoisotopic (exact) mass is 318 g/mol. The fourth-order valence-corrected chi connectivity index (χ4v) is 4.49. The number of nitrogens with zero attached hydrogens (tertiary/aromatic N) is 2. The van der Waals surface area contributed by atoms with Crippen LogP contribution in [0.1, 0.15) is 18.1 Å². The Morgan fingerprint density at radius 2 is 1.86 bits per heavy atom. The summed E-state index contributed by atoms with van der Waals surface area (Å²) >= 11 is 8.14. The second kappa shape index (κ2) is 5.56. The zero-order chi connectivity index (χ0) is 15.0. The first-order chi connectivity index (χ1) is 10.1. The third kappa shape index (κ3) is 2.24. The van der Waals surface area contributed by atoms with Gasteiger partial charge in [0.15, 0.2) is 0 Å². The Kier molecular flexibility index (Phi) is 3.91. The molecule has 1 heterocycles. The number of hydrogen-bond donors (Lipinski definition) is 0. The maximum absolute atomic E-state index is 6.29. The lowest BCUT2D eigenvalue weighted by Gasteiger charge is -2.36. The van der Waals surface area contributed by atoms with E-state index in [2.05, 4.69) is 72.7 Å². The van der Waals surface area contributed by atoms with Gasteiger partial charge in [-0.2, -0.15) is 0 Å². The van der Waals surface area contributed by atoms with E-state index in [1.165, 1.54) is 16.8 Å². The van der Waals surface area contributed by atoms with E-state index in [1.54, 1.807) is 0 Å². The molecule has 4 heteroatoms. The van der Waals surface area contributed by atoms with Crippen LogP contribution in [-0.4, -0.2) is 25.5 Å². The van der Waals surface area contributed by atoms with Crippen molar-refractivity contribution in [1.82, 2.24) is 4.90 Å². The molecule has 0 bridgehead atoms. The Morgan fingerprint density at radius 1 is 1.14 bits per heavy atom. The SMILES string of the molecule is CCN1SC(c2ccccc2)(N(C)C)c2cc(Cl)ccc21.